The zero-order valence-electron chi connectivity index (χ0n) is 12.8. The summed E-state index contributed by atoms with van der Waals surface area (Å²) in [6, 6.07) is 12.6. The van der Waals surface area contributed by atoms with Gasteiger partial charge in [-0.05, 0) is 28.3 Å². The van der Waals surface area contributed by atoms with Gasteiger partial charge in [-0.25, -0.2) is 0 Å². The topological polar surface area (TPSA) is 47.6 Å². The van der Waals surface area contributed by atoms with Crippen molar-refractivity contribution in [3.63, 3.8) is 0 Å². The van der Waals surface area contributed by atoms with Crippen LogP contribution in [0.25, 0.3) is 10.8 Å². The number of carbonyl (C=O) groups is 1. The largest absolute Gasteiger partial charge is 0.352 e. The van der Waals surface area contributed by atoms with E-state index in [4.69, 9.17) is 9.47 Å². The zero-order chi connectivity index (χ0) is 15.4. The molecule has 116 valence electrons. The van der Waals surface area contributed by atoms with Gasteiger partial charge in [0.05, 0.1) is 19.6 Å². The Labute approximate surface area is 130 Å². The van der Waals surface area contributed by atoms with E-state index in [0.29, 0.717) is 19.8 Å². The average Bonchev–Trinajstić information content (AvgIpc) is 3.05. The highest BCUT2D eigenvalue weighted by atomic mass is 16.7. The van der Waals surface area contributed by atoms with E-state index in [2.05, 4.69) is 36.5 Å². The maximum atomic E-state index is 12.0. The monoisotopic (exact) mass is 299 g/mol. The van der Waals surface area contributed by atoms with Crippen molar-refractivity contribution in [1.82, 2.24) is 5.32 Å². The van der Waals surface area contributed by atoms with Crippen LogP contribution in [-0.2, 0) is 27.2 Å². The van der Waals surface area contributed by atoms with Crippen molar-refractivity contribution >= 4 is 16.7 Å². The number of amides is 1. The lowest BCUT2D eigenvalue weighted by Crippen LogP contribution is -2.27. The Kier molecular flexibility index (Phi) is 4.71. The first-order valence-electron chi connectivity index (χ1n) is 7.77. The average molecular weight is 299 g/mol. The number of carbonyl (C=O) groups excluding carboxylic acids is 1. The molecule has 4 heteroatoms. The summed E-state index contributed by atoms with van der Waals surface area (Å²) in [5.74, 6) is -0.0399. The lowest BCUT2D eigenvalue weighted by Gasteiger charge is -2.14. The molecule has 2 aromatic rings. The summed E-state index contributed by atoms with van der Waals surface area (Å²) in [5, 5.41) is 5.40. The van der Waals surface area contributed by atoms with Crippen molar-refractivity contribution in [2.75, 3.05) is 13.2 Å². The van der Waals surface area contributed by atoms with Crippen LogP contribution in [0, 0.1) is 0 Å². The summed E-state index contributed by atoms with van der Waals surface area (Å²) in [4.78, 5) is 12.0. The van der Waals surface area contributed by atoms with E-state index in [0.717, 1.165) is 6.42 Å². The van der Waals surface area contributed by atoms with Crippen LogP contribution in [0.3, 0.4) is 0 Å². The van der Waals surface area contributed by atoms with Crippen LogP contribution in [0.15, 0.2) is 36.4 Å². The van der Waals surface area contributed by atoms with Gasteiger partial charge >= 0.3 is 0 Å². The van der Waals surface area contributed by atoms with Crippen molar-refractivity contribution < 1.29 is 14.3 Å². The van der Waals surface area contributed by atoms with Crippen LogP contribution in [0.4, 0.5) is 0 Å². The number of ether oxygens (including phenoxy) is 2. The smallest absolute Gasteiger partial charge is 0.225 e. The molecule has 1 fully saturated rings. The maximum Gasteiger partial charge on any atom is 0.225 e. The minimum absolute atomic E-state index is 0.0399. The number of aryl methyl sites for hydroxylation is 1. The molecule has 1 N–H and O–H groups in total. The Balaban J connectivity index is 1.73. The first kappa shape index (κ1) is 15.0. The molecule has 1 amide bonds. The van der Waals surface area contributed by atoms with Crippen molar-refractivity contribution in [2.45, 2.75) is 32.6 Å². The normalized spacial score (nSPS) is 15.3. The van der Waals surface area contributed by atoms with Gasteiger partial charge in [-0.15, -0.1) is 0 Å². The second-order valence-corrected chi connectivity index (χ2v) is 5.43. The van der Waals surface area contributed by atoms with Crippen molar-refractivity contribution in [3.8, 4) is 0 Å². The highest BCUT2D eigenvalue weighted by molar-refractivity contribution is 5.87. The van der Waals surface area contributed by atoms with Crippen molar-refractivity contribution in [1.29, 1.82) is 0 Å². The molecule has 0 aliphatic carbocycles. The molecule has 1 aliphatic heterocycles. The minimum Gasteiger partial charge on any atom is -0.352 e. The molecule has 0 spiro atoms. The summed E-state index contributed by atoms with van der Waals surface area (Å²) in [5.41, 5.74) is 2.47. The fraction of sp³-hybridized carbons (Fsp3) is 0.389. The van der Waals surface area contributed by atoms with Gasteiger partial charge in [-0.2, -0.15) is 0 Å². The van der Waals surface area contributed by atoms with Crippen LogP contribution in [0.5, 0.6) is 0 Å². The third kappa shape index (κ3) is 3.29. The van der Waals surface area contributed by atoms with Gasteiger partial charge in [0.25, 0.3) is 0 Å². The number of fused-ring (bicyclic) bond motifs is 1. The quantitative estimate of drug-likeness (QED) is 0.923. The molecule has 0 aromatic heterocycles. The van der Waals surface area contributed by atoms with Gasteiger partial charge in [0.2, 0.25) is 5.91 Å². The highest BCUT2D eigenvalue weighted by Crippen LogP contribution is 2.23. The Morgan fingerprint density at radius 1 is 1.18 bits per heavy atom. The standard InChI is InChI=1S/C18H21NO3/c1-2-13-7-8-14-5-3-4-6-15(14)16(13)12-19-17(20)11-18-21-9-10-22-18/h3-8,18H,2,9-12H2,1H3,(H,19,20). The second-order valence-electron chi connectivity index (χ2n) is 5.43. The second kappa shape index (κ2) is 6.90. The molecule has 4 nitrogen and oxygen atoms in total. The lowest BCUT2D eigenvalue weighted by atomic mass is 9.97. The lowest BCUT2D eigenvalue weighted by molar-refractivity contribution is -0.129. The Morgan fingerprint density at radius 2 is 1.95 bits per heavy atom. The maximum absolute atomic E-state index is 12.0. The van der Waals surface area contributed by atoms with Gasteiger partial charge in [0.15, 0.2) is 6.29 Å². The van der Waals surface area contributed by atoms with Crippen molar-refractivity contribution in [2.24, 2.45) is 0 Å². The summed E-state index contributed by atoms with van der Waals surface area (Å²) >= 11 is 0. The van der Waals surface area contributed by atoms with Crippen LogP contribution in [0.1, 0.15) is 24.5 Å². The molecule has 0 radical (unpaired) electrons. The number of rotatable bonds is 5. The van der Waals surface area contributed by atoms with E-state index in [9.17, 15) is 4.79 Å². The van der Waals surface area contributed by atoms with Gasteiger partial charge in [-0.1, -0.05) is 43.3 Å². The van der Waals surface area contributed by atoms with Crippen LogP contribution in [-0.4, -0.2) is 25.4 Å². The predicted octanol–water partition coefficient (Wildman–Crippen LogP) is 2.78. The van der Waals surface area contributed by atoms with Gasteiger partial charge in [-0.3, -0.25) is 4.79 Å². The first-order chi connectivity index (χ1) is 10.8. The number of hydrogen-bond acceptors (Lipinski definition) is 3. The third-order valence-electron chi connectivity index (χ3n) is 4.02. The molecular formula is C18H21NO3. The van der Waals surface area contributed by atoms with E-state index >= 15 is 0 Å². The Morgan fingerprint density at radius 3 is 2.73 bits per heavy atom. The van der Waals surface area contributed by atoms with Gasteiger partial charge < -0.3 is 14.8 Å². The van der Waals surface area contributed by atoms with Crippen LogP contribution >= 0.6 is 0 Å². The number of benzene rings is 2. The van der Waals surface area contributed by atoms with Gasteiger partial charge in [0, 0.05) is 6.54 Å². The van der Waals surface area contributed by atoms with Crippen molar-refractivity contribution in [3.05, 3.63) is 47.5 Å². The van der Waals surface area contributed by atoms with E-state index < -0.39 is 6.29 Å². The third-order valence-corrected chi connectivity index (χ3v) is 4.02. The molecule has 2 aromatic carbocycles. The molecule has 1 aliphatic rings. The Bertz CT molecular complexity index is 662. The SMILES string of the molecule is CCc1ccc2ccccc2c1CNC(=O)CC1OCCO1. The predicted molar refractivity (Wildman–Crippen MR) is 85.5 cm³/mol. The van der Waals surface area contributed by atoms with E-state index in [-0.39, 0.29) is 12.3 Å². The molecule has 0 atom stereocenters. The van der Waals surface area contributed by atoms with E-state index in [1.807, 2.05) is 12.1 Å². The zero-order valence-corrected chi connectivity index (χ0v) is 12.8. The molecule has 3 rings (SSSR count). The summed E-state index contributed by atoms with van der Waals surface area (Å²) in [7, 11) is 0. The molecule has 0 unspecified atom stereocenters. The molecule has 0 saturated carbocycles. The summed E-state index contributed by atoms with van der Waals surface area (Å²) < 4.78 is 10.6. The highest BCUT2D eigenvalue weighted by Gasteiger charge is 2.19. The van der Waals surface area contributed by atoms with Crippen LogP contribution in [0.2, 0.25) is 0 Å². The fourth-order valence-corrected chi connectivity index (χ4v) is 2.86. The molecule has 22 heavy (non-hydrogen) atoms. The molecular weight excluding hydrogens is 278 g/mol. The minimum atomic E-state index is -0.391. The number of hydrogen-bond donors (Lipinski definition) is 1. The summed E-state index contributed by atoms with van der Waals surface area (Å²) in [6.45, 7) is 3.81. The first-order valence-corrected chi connectivity index (χ1v) is 7.77. The number of nitrogens with one attached hydrogen (secondary N) is 1. The molecule has 0 bridgehead atoms. The molecule has 1 heterocycles. The van der Waals surface area contributed by atoms with Gasteiger partial charge in [0.1, 0.15) is 0 Å². The van der Waals surface area contributed by atoms with E-state index in [1.54, 1.807) is 0 Å². The Hall–Kier alpha value is -1.91. The van der Waals surface area contributed by atoms with Crippen LogP contribution < -0.4 is 5.32 Å². The molecule has 1 saturated heterocycles. The fourth-order valence-electron chi connectivity index (χ4n) is 2.86. The van der Waals surface area contributed by atoms with E-state index in [1.165, 1.54) is 21.9 Å². The summed E-state index contributed by atoms with van der Waals surface area (Å²) in [6.07, 6.45) is 0.815.